The minimum atomic E-state index is 0. The Balaban J connectivity index is 0.00000161. The highest BCUT2D eigenvalue weighted by atomic mass is 127. The van der Waals surface area contributed by atoms with Crippen LogP contribution in [0.1, 0.15) is 32.6 Å². The Labute approximate surface area is 148 Å². The van der Waals surface area contributed by atoms with Gasteiger partial charge in [-0.25, -0.2) is 0 Å². The zero-order valence-electron chi connectivity index (χ0n) is 12.5. The molecule has 1 aromatic rings. The standard InChI is InChI=1S/C15H24N4S.HI/c1-2-16-15(17-12-5-6-12)18-13-7-9-19(10-8-13)14-4-3-11-20-14;/h3-4,11-13H,2,5-10H2,1H3,(H2,16,17,18);1H. The van der Waals surface area contributed by atoms with Crippen LogP contribution in [0.5, 0.6) is 0 Å². The van der Waals surface area contributed by atoms with Crippen molar-refractivity contribution in [2.24, 2.45) is 4.99 Å². The Bertz CT molecular complexity index is 437. The molecule has 1 saturated heterocycles. The molecule has 0 unspecified atom stereocenters. The molecule has 0 spiro atoms. The summed E-state index contributed by atoms with van der Waals surface area (Å²) in [5.41, 5.74) is 0. The van der Waals surface area contributed by atoms with E-state index in [0.717, 1.165) is 25.6 Å². The smallest absolute Gasteiger partial charge is 0.191 e. The van der Waals surface area contributed by atoms with Gasteiger partial charge >= 0.3 is 0 Å². The van der Waals surface area contributed by atoms with Crippen LogP contribution in [0.2, 0.25) is 0 Å². The highest BCUT2D eigenvalue weighted by Crippen LogP contribution is 2.25. The van der Waals surface area contributed by atoms with Crippen molar-refractivity contribution in [2.75, 3.05) is 24.5 Å². The fraction of sp³-hybridized carbons (Fsp3) is 0.667. The van der Waals surface area contributed by atoms with Crippen LogP contribution in [0.25, 0.3) is 0 Å². The molecule has 118 valence electrons. The lowest BCUT2D eigenvalue weighted by atomic mass is 10.1. The van der Waals surface area contributed by atoms with Crippen molar-refractivity contribution in [1.82, 2.24) is 10.6 Å². The molecule has 2 fully saturated rings. The third-order valence-corrected chi connectivity index (χ3v) is 4.82. The fourth-order valence-corrected chi connectivity index (χ4v) is 3.38. The molecule has 0 radical (unpaired) electrons. The van der Waals surface area contributed by atoms with E-state index in [1.54, 1.807) is 0 Å². The highest BCUT2D eigenvalue weighted by molar-refractivity contribution is 14.0. The normalized spacial score (nSPS) is 20.0. The lowest BCUT2D eigenvalue weighted by Gasteiger charge is -2.33. The fourth-order valence-electron chi connectivity index (χ4n) is 2.60. The summed E-state index contributed by atoms with van der Waals surface area (Å²) >= 11 is 1.84. The molecule has 4 nitrogen and oxygen atoms in total. The van der Waals surface area contributed by atoms with E-state index in [2.05, 4.69) is 45.0 Å². The number of guanidine groups is 1. The molecule has 0 atom stereocenters. The van der Waals surface area contributed by atoms with Crippen molar-refractivity contribution < 1.29 is 0 Å². The van der Waals surface area contributed by atoms with Gasteiger partial charge in [0.25, 0.3) is 0 Å². The number of anilines is 1. The van der Waals surface area contributed by atoms with Gasteiger partial charge in [-0.2, -0.15) is 0 Å². The van der Waals surface area contributed by atoms with Gasteiger partial charge in [0, 0.05) is 31.7 Å². The molecular weight excluding hydrogens is 395 g/mol. The Morgan fingerprint density at radius 2 is 1.90 bits per heavy atom. The summed E-state index contributed by atoms with van der Waals surface area (Å²) in [6.45, 7) is 5.22. The Morgan fingerprint density at radius 1 is 1.24 bits per heavy atom. The van der Waals surface area contributed by atoms with E-state index in [1.807, 2.05) is 11.3 Å². The summed E-state index contributed by atoms with van der Waals surface area (Å²) in [6.07, 6.45) is 4.96. The summed E-state index contributed by atoms with van der Waals surface area (Å²) in [6, 6.07) is 5.58. The quantitative estimate of drug-likeness (QED) is 0.447. The number of halogens is 1. The third kappa shape index (κ3) is 5.02. The molecule has 2 aliphatic rings. The van der Waals surface area contributed by atoms with Crippen molar-refractivity contribution in [3.8, 4) is 0 Å². The molecule has 3 rings (SSSR count). The minimum absolute atomic E-state index is 0. The molecule has 1 aromatic heterocycles. The Kier molecular flexibility index (Phi) is 6.60. The third-order valence-electron chi connectivity index (χ3n) is 3.89. The van der Waals surface area contributed by atoms with Crippen molar-refractivity contribution in [1.29, 1.82) is 0 Å². The van der Waals surface area contributed by atoms with E-state index in [1.165, 1.54) is 30.7 Å². The van der Waals surface area contributed by atoms with Crippen molar-refractivity contribution in [3.63, 3.8) is 0 Å². The van der Waals surface area contributed by atoms with Gasteiger partial charge in [-0.1, -0.05) is 0 Å². The molecule has 0 aromatic carbocycles. The Hall–Kier alpha value is -0.500. The van der Waals surface area contributed by atoms with Crippen LogP contribution < -0.4 is 15.5 Å². The number of hydrogen-bond acceptors (Lipinski definition) is 3. The van der Waals surface area contributed by atoms with E-state index >= 15 is 0 Å². The van der Waals surface area contributed by atoms with Gasteiger partial charge in [-0.05, 0) is 50.1 Å². The summed E-state index contributed by atoms with van der Waals surface area (Å²) in [5, 5.41) is 10.7. The maximum atomic E-state index is 4.55. The molecule has 0 amide bonds. The first kappa shape index (κ1) is 16.9. The van der Waals surface area contributed by atoms with Gasteiger partial charge in [0.2, 0.25) is 0 Å². The molecule has 1 aliphatic carbocycles. The maximum Gasteiger partial charge on any atom is 0.191 e. The Morgan fingerprint density at radius 3 is 2.43 bits per heavy atom. The van der Waals surface area contributed by atoms with Crippen molar-refractivity contribution in [2.45, 2.75) is 44.7 Å². The number of thiophene rings is 1. The molecular formula is C15H25IN4S. The summed E-state index contributed by atoms with van der Waals surface area (Å²) in [5.74, 6) is 1.02. The number of aliphatic imine (C=N–C) groups is 1. The van der Waals surface area contributed by atoms with Crippen molar-refractivity contribution >= 4 is 46.3 Å². The maximum absolute atomic E-state index is 4.55. The molecule has 6 heteroatoms. The number of nitrogens with zero attached hydrogens (tertiary/aromatic N) is 2. The predicted octanol–water partition coefficient (Wildman–Crippen LogP) is 3.05. The zero-order valence-corrected chi connectivity index (χ0v) is 15.7. The molecule has 1 saturated carbocycles. The van der Waals surface area contributed by atoms with Crippen LogP contribution >= 0.6 is 35.3 Å². The minimum Gasteiger partial charge on any atom is -0.363 e. The number of rotatable bonds is 4. The highest BCUT2D eigenvalue weighted by Gasteiger charge is 2.25. The topological polar surface area (TPSA) is 39.7 Å². The molecule has 2 N–H and O–H groups in total. The second-order valence-electron chi connectivity index (χ2n) is 5.60. The largest absolute Gasteiger partial charge is 0.363 e. The average molecular weight is 420 g/mol. The van der Waals surface area contributed by atoms with Crippen LogP contribution in [0.4, 0.5) is 5.00 Å². The number of piperidine rings is 1. The second kappa shape index (κ2) is 8.22. The van der Waals surface area contributed by atoms with Gasteiger partial charge < -0.3 is 15.5 Å². The summed E-state index contributed by atoms with van der Waals surface area (Å²) in [7, 11) is 0. The first-order valence-electron chi connectivity index (χ1n) is 7.71. The first-order chi connectivity index (χ1) is 9.85. The van der Waals surface area contributed by atoms with E-state index in [-0.39, 0.29) is 24.0 Å². The van der Waals surface area contributed by atoms with Crippen LogP contribution in [0, 0.1) is 0 Å². The average Bonchev–Trinajstić information content (AvgIpc) is 3.10. The van der Waals surface area contributed by atoms with Crippen LogP contribution in [-0.2, 0) is 0 Å². The van der Waals surface area contributed by atoms with Crippen LogP contribution in [0.15, 0.2) is 22.5 Å². The van der Waals surface area contributed by atoms with E-state index in [0.29, 0.717) is 12.1 Å². The lowest BCUT2D eigenvalue weighted by Crippen LogP contribution is -2.49. The number of nitrogens with one attached hydrogen (secondary N) is 2. The lowest BCUT2D eigenvalue weighted by molar-refractivity contribution is 0.462. The van der Waals surface area contributed by atoms with E-state index in [9.17, 15) is 0 Å². The van der Waals surface area contributed by atoms with E-state index < -0.39 is 0 Å². The predicted molar refractivity (Wildman–Crippen MR) is 102 cm³/mol. The van der Waals surface area contributed by atoms with Gasteiger partial charge in [-0.15, -0.1) is 35.3 Å². The molecule has 0 bridgehead atoms. The van der Waals surface area contributed by atoms with Crippen LogP contribution in [0.3, 0.4) is 0 Å². The van der Waals surface area contributed by atoms with Gasteiger partial charge in [0.05, 0.1) is 5.00 Å². The summed E-state index contributed by atoms with van der Waals surface area (Å²) < 4.78 is 0. The number of hydrogen-bond donors (Lipinski definition) is 2. The van der Waals surface area contributed by atoms with Gasteiger partial charge in [-0.3, -0.25) is 4.99 Å². The van der Waals surface area contributed by atoms with Crippen LogP contribution in [-0.4, -0.2) is 37.7 Å². The zero-order chi connectivity index (χ0) is 13.8. The SMILES string of the molecule is CCN=C(NC1CC1)NC1CCN(c2cccs2)CC1.I. The van der Waals surface area contributed by atoms with E-state index in [4.69, 9.17) is 0 Å². The van der Waals surface area contributed by atoms with Gasteiger partial charge in [0.15, 0.2) is 5.96 Å². The molecule has 21 heavy (non-hydrogen) atoms. The first-order valence-corrected chi connectivity index (χ1v) is 8.59. The van der Waals surface area contributed by atoms with Gasteiger partial charge in [0.1, 0.15) is 0 Å². The monoisotopic (exact) mass is 420 g/mol. The second-order valence-corrected chi connectivity index (χ2v) is 6.52. The summed E-state index contributed by atoms with van der Waals surface area (Å²) in [4.78, 5) is 7.04. The molecule has 2 heterocycles. The van der Waals surface area contributed by atoms with Crippen molar-refractivity contribution in [3.05, 3.63) is 17.5 Å². The molecule has 1 aliphatic heterocycles.